The topological polar surface area (TPSA) is 57.2 Å². The average molecular weight is 367 g/mol. The number of hydrogen-bond donors (Lipinski definition) is 1. The highest BCUT2D eigenvalue weighted by atomic mass is 28.4. The summed E-state index contributed by atoms with van der Waals surface area (Å²) in [4.78, 5) is 0. The van der Waals surface area contributed by atoms with Gasteiger partial charge in [-0.1, -0.05) is 0 Å². The van der Waals surface area contributed by atoms with Crippen LogP contribution >= 0.6 is 0 Å². The Balaban J connectivity index is 2.87. The number of aliphatic hydroxyl groups excluding tert-OH is 1. The minimum absolute atomic E-state index is 0.259. The molecule has 1 N–H and O–H groups in total. The van der Waals surface area contributed by atoms with E-state index in [0.29, 0.717) is 6.61 Å². The van der Waals surface area contributed by atoms with Crippen molar-refractivity contribution in [1.29, 1.82) is 0 Å². The first kappa shape index (κ1) is 20.5. The van der Waals surface area contributed by atoms with Gasteiger partial charge >= 0.3 is 0 Å². The molecule has 8 heteroatoms. The SMILES string of the molecule is C[Si](C)(C)OC[C@H]1O[C@@H](O)[C@H](O[Si](C)(C)C)[C@H]1O[Si](C)(C)C. The molecule has 0 aromatic carbocycles. The summed E-state index contributed by atoms with van der Waals surface area (Å²) in [7, 11) is -5.23. The summed E-state index contributed by atoms with van der Waals surface area (Å²) in [6, 6.07) is 0. The van der Waals surface area contributed by atoms with Crippen LogP contribution in [0, 0.1) is 0 Å². The van der Waals surface area contributed by atoms with E-state index in [1.165, 1.54) is 0 Å². The summed E-state index contributed by atoms with van der Waals surface area (Å²) in [6.07, 6.45) is -1.89. The Kier molecular flexibility index (Phi) is 6.65. The molecule has 1 aliphatic rings. The average Bonchev–Trinajstić information content (AvgIpc) is 2.49. The van der Waals surface area contributed by atoms with Crippen LogP contribution in [0.4, 0.5) is 0 Å². The van der Waals surface area contributed by atoms with Gasteiger partial charge in [0.25, 0.3) is 0 Å². The molecule has 1 rings (SSSR count). The smallest absolute Gasteiger partial charge is 0.184 e. The molecule has 1 heterocycles. The largest absolute Gasteiger partial charge is 0.415 e. The molecule has 4 atom stereocenters. The van der Waals surface area contributed by atoms with E-state index in [-0.39, 0.29) is 12.2 Å². The van der Waals surface area contributed by atoms with E-state index in [4.69, 9.17) is 18.0 Å². The second-order valence-electron chi connectivity index (χ2n) is 8.88. The van der Waals surface area contributed by atoms with E-state index in [2.05, 4.69) is 58.9 Å². The summed E-state index contributed by atoms with van der Waals surface area (Å²) in [5, 5.41) is 10.3. The number of ether oxygens (including phenoxy) is 1. The molecule has 22 heavy (non-hydrogen) atoms. The molecule has 0 bridgehead atoms. The summed E-state index contributed by atoms with van der Waals surface area (Å²) in [6.45, 7) is 19.6. The van der Waals surface area contributed by atoms with Gasteiger partial charge in [0, 0.05) is 0 Å². The van der Waals surface area contributed by atoms with E-state index in [1.54, 1.807) is 0 Å². The molecule has 5 nitrogen and oxygen atoms in total. The molecule has 0 amide bonds. The van der Waals surface area contributed by atoms with Crippen LogP contribution < -0.4 is 0 Å². The lowest BCUT2D eigenvalue weighted by atomic mass is 10.1. The fraction of sp³-hybridized carbons (Fsp3) is 1.00. The molecule has 0 radical (unpaired) electrons. The highest BCUT2D eigenvalue weighted by molar-refractivity contribution is 6.70. The van der Waals surface area contributed by atoms with Crippen LogP contribution in [0.2, 0.25) is 58.9 Å². The van der Waals surface area contributed by atoms with Crippen molar-refractivity contribution >= 4 is 25.0 Å². The first-order valence-corrected chi connectivity index (χ1v) is 18.2. The maximum Gasteiger partial charge on any atom is 0.184 e. The van der Waals surface area contributed by atoms with Gasteiger partial charge in [-0.05, 0) is 58.9 Å². The van der Waals surface area contributed by atoms with Crippen LogP contribution in [-0.2, 0) is 18.0 Å². The van der Waals surface area contributed by atoms with Gasteiger partial charge in [0.05, 0.1) is 6.61 Å². The van der Waals surface area contributed by atoms with Crippen molar-refractivity contribution in [2.24, 2.45) is 0 Å². The van der Waals surface area contributed by atoms with Gasteiger partial charge < -0.3 is 23.1 Å². The van der Waals surface area contributed by atoms with Crippen molar-refractivity contribution < 1.29 is 23.1 Å². The van der Waals surface area contributed by atoms with Crippen LogP contribution in [0.3, 0.4) is 0 Å². The Morgan fingerprint density at radius 1 is 0.773 bits per heavy atom. The molecule has 1 saturated heterocycles. The minimum atomic E-state index is -1.81. The molecule has 0 aromatic heterocycles. The zero-order chi connectivity index (χ0) is 17.3. The highest BCUT2D eigenvalue weighted by Crippen LogP contribution is 2.30. The van der Waals surface area contributed by atoms with Crippen molar-refractivity contribution in [3.8, 4) is 0 Å². The van der Waals surface area contributed by atoms with Gasteiger partial charge in [0.15, 0.2) is 31.2 Å². The fourth-order valence-electron chi connectivity index (χ4n) is 2.26. The van der Waals surface area contributed by atoms with E-state index < -0.39 is 37.3 Å². The zero-order valence-electron chi connectivity index (χ0n) is 15.6. The van der Waals surface area contributed by atoms with Gasteiger partial charge in [-0.2, -0.15) is 0 Å². The lowest BCUT2D eigenvalue weighted by Gasteiger charge is -2.33. The van der Waals surface area contributed by atoms with Crippen molar-refractivity contribution in [3.63, 3.8) is 0 Å². The van der Waals surface area contributed by atoms with Crippen molar-refractivity contribution in [2.75, 3.05) is 6.61 Å². The Hall–Kier alpha value is 0.451. The molecule has 0 aromatic rings. The molecule has 0 saturated carbocycles. The zero-order valence-corrected chi connectivity index (χ0v) is 18.6. The molecule has 0 spiro atoms. The maximum absolute atomic E-state index is 10.3. The summed E-state index contributed by atoms with van der Waals surface area (Å²) in [5.74, 6) is 0. The highest BCUT2D eigenvalue weighted by Gasteiger charge is 2.48. The van der Waals surface area contributed by atoms with Crippen LogP contribution in [-0.4, -0.2) is 61.3 Å². The molecular weight excluding hydrogens is 332 g/mol. The third-order valence-electron chi connectivity index (χ3n) is 2.95. The first-order chi connectivity index (χ1) is 9.68. The molecular formula is C14H34O5Si3. The quantitative estimate of drug-likeness (QED) is 0.702. The Bertz CT molecular complexity index is 359. The van der Waals surface area contributed by atoms with E-state index in [1.807, 2.05) is 0 Å². The van der Waals surface area contributed by atoms with Crippen LogP contribution in [0.5, 0.6) is 0 Å². The van der Waals surface area contributed by atoms with Crippen molar-refractivity contribution in [3.05, 3.63) is 0 Å². The van der Waals surface area contributed by atoms with Crippen molar-refractivity contribution in [2.45, 2.75) is 83.5 Å². The monoisotopic (exact) mass is 366 g/mol. The third kappa shape index (κ3) is 7.35. The van der Waals surface area contributed by atoms with Crippen LogP contribution in [0.1, 0.15) is 0 Å². The maximum atomic E-state index is 10.3. The second kappa shape index (κ2) is 7.14. The standard InChI is InChI=1S/C14H34O5Si3/c1-20(2,3)16-10-11-12(18-21(4,5)6)13(14(15)17-11)19-22(7,8)9/h11-15H,10H2,1-9H3/t11-,12+,13-,14-/m1/s1. The molecule has 132 valence electrons. The first-order valence-electron chi connectivity index (χ1n) is 8.01. The molecule has 1 aliphatic heterocycles. The predicted molar refractivity (Wildman–Crippen MR) is 96.6 cm³/mol. The van der Waals surface area contributed by atoms with Crippen LogP contribution in [0.15, 0.2) is 0 Å². The normalized spacial score (nSPS) is 30.8. The number of aliphatic hydroxyl groups is 1. The number of hydrogen-bond acceptors (Lipinski definition) is 5. The Labute approximate surface area is 138 Å². The minimum Gasteiger partial charge on any atom is -0.415 e. The fourth-order valence-corrected chi connectivity index (χ4v) is 5.09. The van der Waals surface area contributed by atoms with Gasteiger partial charge in [-0.25, -0.2) is 0 Å². The van der Waals surface area contributed by atoms with Gasteiger partial charge in [-0.3, -0.25) is 0 Å². The molecule has 1 fully saturated rings. The second-order valence-corrected chi connectivity index (χ2v) is 22.3. The Morgan fingerprint density at radius 2 is 1.23 bits per heavy atom. The van der Waals surface area contributed by atoms with Gasteiger partial charge in [0.2, 0.25) is 0 Å². The Morgan fingerprint density at radius 3 is 1.64 bits per heavy atom. The summed E-state index contributed by atoms with van der Waals surface area (Å²) in [5.41, 5.74) is 0. The summed E-state index contributed by atoms with van der Waals surface area (Å²) >= 11 is 0. The lowest BCUT2D eigenvalue weighted by molar-refractivity contribution is -0.128. The molecule has 0 aliphatic carbocycles. The van der Waals surface area contributed by atoms with Gasteiger partial charge in [-0.15, -0.1) is 0 Å². The number of rotatable bonds is 7. The van der Waals surface area contributed by atoms with Gasteiger partial charge in [0.1, 0.15) is 18.3 Å². The lowest BCUT2D eigenvalue weighted by Crippen LogP contribution is -2.49. The van der Waals surface area contributed by atoms with E-state index >= 15 is 0 Å². The van der Waals surface area contributed by atoms with E-state index in [9.17, 15) is 5.11 Å². The third-order valence-corrected chi connectivity index (χ3v) is 5.94. The van der Waals surface area contributed by atoms with E-state index in [0.717, 1.165) is 0 Å². The summed E-state index contributed by atoms with van der Waals surface area (Å²) < 4.78 is 24.1. The van der Waals surface area contributed by atoms with Crippen molar-refractivity contribution in [1.82, 2.24) is 0 Å². The van der Waals surface area contributed by atoms with Crippen LogP contribution in [0.25, 0.3) is 0 Å². The predicted octanol–water partition coefficient (Wildman–Crippen LogP) is 3.00. The molecule has 0 unspecified atom stereocenters.